The number of fused-ring (bicyclic) bond motifs is 1. The van der Waals surface area contributed by atoms with E-state index in [-0.39, 0.29) is 42.4 Å². The third-order valence-electron chi connectivity index (χ3n) is 6.49. The van der Waals surface area contributed by atoms with Crippen LogP contribution in [0.2, 0.25) is 0 Å². The van der Waals surface area contributed by atoms with Crippen molar-refractivity contribution in [3.05, 3.63) is 78.1 Å². The highest BCUT2D eigenvalue weighted by atomic mass is 19.1. The number of morpholine rings is 1. The number of carbonyl (C=O) groups excluding carboxylic acids is 2. The second-order valence-electron chi connectivity index (χ2n) is 8.52. The van der Waals surface area contributed by atoms with E-state index in [2.05, 4.69) is 10.3 Å². The van der Waals surface area contributed by atoms with E-state index in [0.717, 1.165) is 16.7 Å². The SMILES string of the molecule is C[C@@H](c1ccccc1-c1ccc(F)cc1)n1cncc1C(=O)N1CC[C@@H]2NC(=O)CO[C@H]2C1. The van der Waals surface area contributed by atoms with Crippen LogP contribution in [0, 0.1) is 5.82 Å². The van der Waals surface area contributed by atoms with Gasteiger partial charge in [0.15, 0.2) is 0 Å². The Labute approximate surface area is 191 Å². The van der Waals surface area contributed by atoms with Crippen LogP contribution in [0.1, 0.15) is 35.4 Å². The summed E-state index contributed by atoms with van der Waals surface area (Å²) in [7, 11) is 0. The maximum Gasteiger partial charge on any atom is 0.272 e. The van der Waals surface area contributed by atoms with Crippen LogP contribution in [0.4, 0.5) is 4.39 Å². The van der Waals surface area contributed by atoms with Crippen LogP contribution in [0.25, 0.3) is 11.1 Å². The summed E-state index contributed by atoms with van der Waals surface area (Å²) >= 11 is 0. The molecule has 2 fully saturated rings. The number of carbonyl (C=O) groups is 2. The molecule has 0 radical (unpaired) electrons. The molecular weight excluding hydrogens is 423 g/mol. The van der Waals surface area contributed by atoms with Gasteiger partial charge in [0, 0.05) is 13.1 Å². The average Bonchev–Trinajstić information content (AvgIpc) is 3.33. The first kappa shape index (κ1) is 21.3. The number of nitrogens with one attached hydrogen (secondary N) is 1. The Morgan fingerprint density at radius 2 is 2.00 bits per heavy atom. The van der Waals surface area contributed by atoms with Crippen molar-refractivity contribution in [1.29, 1.82) is 0 Å². The van der Waals surface area contributed by atoms with Crippen molar-refractivity contribution in [3.8, 4) is 11.1 Å². The summed E-state index contributed by atoms with van der Waals surface area (Å²) in [4.78, 5) is 31.0. The van der Waals surface area contributed by atoms with E-state index in [0.29, 0.717) is 25.2 Å². The number of aromatic nitrogens is 2. The lowest BCUT2D eigenvalue weighted by Crippen LogP contribution is -2.60. The van der Waals surface area contributed by atoms with E-state index in [4.69, 9.17) is 4.74 Å². The van der Waals surface area contributed by atoms with E-state index < -0.39 is 0 Å². The fourth-order valence-corrected chi connectivity index (χ4v) is 4.71. The van der Waals surface area contributed by atoms with Crippen molar-refractivity contribution in [2.45, 2.75) is 31.5 Å². The van der Waals surface area contributed by atoms with Crippen LogP contribution in [-0.2, 0) is 9.53 Å². The van der Waals surface area contributed by atoms with E-state index >= 15 is 0 Å². The third-order valence-corrected chi connectivity index (χ3v) is 6.49. The number of nitrogens with zero attached hydrogens (tertiary/aromatic N) is 3. The summed E-state index contributed by atoms with van der Waals surface area (Å²) in [5.74, 6) is -0.502. The lowest BCUT2D eigenvalue weighted by molar-refractivity contribution is -0.139. The zero-order valence-corrected chi connectivity index (χ0v) is 18.3. The molecule has 0 bridgehead atoms. The number of piperidine rings is 1. The van der Waals surface area contributed by atoms with Crippen LogP contribution in [0.5, 0.6) is 0 Å². The first-order valence-corrected chi connectivity index (χ1v) is 11.1. The Bertz CT molecular complexity index is 1180. The molecule has 0 unspecified atom stereocenters. The molecule has 33 heavy (non-hydrogen) atoms. The second kappa shape index (κ2) is 8.78. The van der Waals surface area contributed by atoms with Crippen LogP contribution in [-0.4, -0.2) is 58.1 Å². The minimum atomic E-state index is -0.281. The predicted molar refractivity (Wildman–Crippen MR) is 120 cm³/mol. The first-order valence-electron chi connectivity index (χ1n) is 11.1. The van der Waals surface area contributed by atoms with Gasteiger partial charge in [-0.15, -0.1) is 0 Å². The molecule has 3 heterocycles. The molecule has 2 aliphatic heterocycles. The number of hydrogen-bond donors (Lipinski definition) is 1. The van der Waals surface area contributed by atoms with E-state index in [1.165, 1.54) is 12.1 Å². The molecule has 5 rings (SSSR count). The van der Waals surface area contributed by atoms with Gasteiger partial charge in [-0.25, -0.2) is 9.37 Å². The van der Waals surface area contributed by atoms with Crippen LogP contribution < -0.4 is 5.32 Å². The summed E-state index contributed by atoms with van der Waals surface area (Å²) in [5.41, 5.74) is 3.39. The molecule has 2 aromatic carbocycles. The second-order valence-corrected chi connectivity index (χ2v) is 8.52. The molecule has 2 saturated heterocycles. The molecule has 3 atom stereocenters. The summed E-state index contributed by atoms with van der Waals surface area (Å²) in [6.45, 7) is 3.01. The Kier molecular flexibility index (Phi) is 5.68. The first-order chi connectivity index (χ1) is 16.0. The van der Waals surface area contributed by atoms with Crippen molar-refractivity contribution in [2.75, 3.05) is 19.7 Å². The highest BCUT2D eigenvalue weighted by molar-refractivity contribution is 5.92. The van der Waals surface area contributed by atoms with Crippen molar-refractivity contribution in [2.24, 2.45) is 0 Å². The summed E-state index contributed by atoms with van der Waals surface area (Å²) < 4.78 is 21.0. The molecule has 3 aromatic rings. The van der Waals surface area contributed by atoms with Gasteiger partial charge >= 0.3 is 0 Å². The number of ether oxygens (including phenoxy) is 1. The number of benzene rings is 2. The van der Waals surface area contributed by atoms with Gasteiger partial charge in [0.2, 0.25) is 5.91 Å². The third kappa shape index (κ3) is 4.14. The highest BCUT2D eigenvalue weighted by Gasteiger charge is 2.37. The lowest BCUT2D eigenvalue weighted by atomic mass is 9.95. The number of hydrogen-bond acceptors (Lipinski definition) is 4. The van der Waals surface area contributed by atoms with Gasteiger partial charge < -0.3 is 19.5 Å². The number of rotatable bonds is 4. The number of amides is 2. The molecule has 7 nitrogen and oxygen atoms in total. The molecule has 170 valence electrons. The summed E-state index contributed by atoms with van der Waals surface area (Å²) in [5, 5.41) is 2.95. The van der Waals surface area contributed by atoms with Crippen LogP contribution in [0.15, 0.2) is 61.1 Å². The molecule has 2 amide bonds. The molecule has 8 heteroatoms. The largest absolute Gasteiger partial charge is 0.364 e. The van der Waals surface area contributed by atoms with E-state index in [9.17, 15) is 14.0 Å². The highest BCUT2D eigenvalue weighted by Crippen LogP contribution is 2.31. The van der Waals surface area contributed by atoms with Crippen molar-refractivity contribution < 1.29 is 18.7 Å². The van der Waals surface area contributed by atoms with Crippen molar-refractivity contribution in [3.63, 3.8) is 0 Å². The maximum absolute atomic E-state index is 13.4. The summed E-state index contributed by atoms with van der Waals surface area (Å²) in [6.07, 6.45) is 3.71. The molecule has 0 spiro atoms. The Morgan fingerprint density at radius 1 is 1.21 bits per heavy atom. The molecule has 2 aliphatic rings. The molecule has 0 aliphatic carbocycles. The summed E-state index contributed by atoms with van der Waals surface area (Å²) in [6, 6.07) is 14.1. The van der Waals surface area contributed by atoms with Crippen molar-refractivity contribution in [1.82, 2.24) is 19.8 Å². The number of likely N-dealkylation sites (tertiary alicyclic amines) is 1. The zero-order chi connectivity index (χ0) is 22.9. The topological polar surface area (TPSA) is 76.5 Å². The van der Waals surface area contributed by atoms with Gasteiger partial charge in [0.05, 0.1) is 30.7 Å². The Hall–Kier alpha value is -3.52. The van der Waals surface area contributed by atoms with E-state index in [1.807, 2.05) is 35.8 Å². The van der Waals surface area contributed by atoms with Gasteiger partial charge in [-0.05, 0) is 42.2 Å². The van der Waals surface area contributed by atoms with Gasteiger partial charge in [-0.2, -0.15) is 0 Å². The average molecular weight is 448 g/mol. The monoisotopic (exact) mass is 448 g/mol. The minimum absolute atomic E-state index is 0.0261. The van der Waals surface area contributed by atoms with Gasteiger partial charge in [-0.3, -0.25) is 9.59 Å². The van der Waals surface area contributed by atoms with E-state index in [1.54, 1.807) is 29.6 Å². The Balaban J connectivity index is 1.40. The number of halogens is 1. The fourth-order valence-electron chi connectivity index (χ4n) is 4.71. The van der Waals surface area contributed by atoms with Crippen LogP contribution in [0.3, 0.4) is 0 Å². The fraction of sp³-hybridized carbons (Fsp3) is 0.320. The predicted octanol–water partition coefficient (Wildman–Crippen LogP) is 3.03. The quantitative estimate of drug-likeness (QED) is 0.666. The smallest absolute Gasteiger partial charge is 0.272 e. The Morgan fingerprint density at radius 3 is 2.82 bits per heavy atom. The maximum atomic E-state index is 13.4. The molecule has 1 aromatic heterocycles. The van der Waals surface area contributed by atoms with Gasteiger partial charge in [0.25, 0.3) is 5.91 Å². The molecule has 0 saturated carbocycles. The molecular formula is C25H25FN4O3. The standard InChI is InChI=1S/C25H25FN4O3/c1-16(19-4-2-3-5-20(19)17-6-8-18(26)9-7-17)30-15-27-12-22(30)25(32)29-11-10-21-23(13-29)33-14-24(31)28-21/h2-9,12,15-16,21,23H,10-11,13-14H2,1H3,(H,28,31)/t16-,21-,23-/m0/s1. The normalized spacial score (nSPS) is 21.3. The van der Waals surface area contributed by atoms with Gasteiger partial charge in [-0.1, -0.05) is 36.4 Å². The minimum Gasteiger partial charge on any atom is -0.364 e. The number of imidazole rings is 1. The molecule has 1 N–H and O–H groups in total. The van der Waals surface area contributed by atoms with Crippen LogP contribution >= 0.6 is 0 Å². The van der Waals surface area contributed by atoms with Gasteiger partial charge in [0.1, 0.15) is 18.1 Å². The lowest BCUT2D eigenvalue weighted by Gasteiger charge is -2.41. The zero-order valence-electron chi connectivity index (χ0n) is 18.3. The van der Waals surface area contributed by atoms with Crippen molar-refractivity contribution >= 4 is 11.8 Å².